The summed E-state index contributed by atoms with van der Waals surface area (Å²) in [7, 11) is -0.373. The van der Waals surface area contributed by atoms with E-state index < -0.39 is 10.0 Å². The minimum Gasteiger partial charge on any atom is -0.354 e. The van der Waals surface area contributed by atoms with Gasteiger partial charge in [0.25, 0.3) is 5.91 Å². The van der Waals surface area contributed by atoms with Crippen molar-refractivity contribution in [3.05, 3.63) is 18.0 Å². The lowest BCUT2D eigenvalue weighted by atomic mass is 9.99. The normalized spacial score (nSPS) is 17.9. The molecule has 0 bridgehead atoms. The van der Waals surface area contributed by atoms with E-state index in [4.69, 9.17) is 5.73 Å². The number of hydrogen-bond donors (Lipinski definition) is 2. The minimum absolute atomic E-state index is 0.162. The lowest BCUT2D eigenvalue weighted by Gasteiger charge is -2.30. The molecule has 1 aromatic rings. The zero-order valence-electron chi connectivity index (χ0n) is 12.4. The SMILES string of the molecule is CNC(=O)c1cc(S(=O)(=O)N2CCC(CN)CC2)cn1C. The molecule has 3 N–H and O–H groups in total. The maximum absolute atomic E-state index is 12.6. The summed E-state index contributed by atoms with van der Waals surface area (Å²) in [6.07, 6.45) is 3.05. The summed E-state index contributed by atoms with van der Waals surface area (Å²) < 4.78 is 28.2. The van der Waals surface area contributed by atoms with Gasteiger partial charge in [-0.3, -0.25) is 4.79 Å². The zero-order chi connectivity index (χ0) is 15.6. The molecule has 21 heavy (non-hydrogen) atoms. The van der Waals surface area contributed by atoms with Gasteiger partial charge in [0.2, 0.25) is 10.0 Å². The number of carbonyl (C=O) groups excluding carboxylic acids is 1. The van der Waals surface area contributed by atoms with Crippen molar-refractivity contribution >= 4 is 15.9 Å². The quantitative estimate of drug-likeness (QED) is 0.800. The molecule has 0 aromatic carbocycles. The molecule has 0 atom stereocenters. The van der Waals surface area contributed by atoms with Crippen LogP contribution in [0.2, 0.25) is 0 Å². The molecule has 1 amide bonds. The highest BCUT2D eigenvalue weighted by Crippen LogP contribution is 2.24. The number of amides is 1. The maximum Gasteiger partial charge on any atom is 0.267 e. The van der Waals surface area contributed by atoms with Crippen LogP contribution in [0.5, 0.6) is 0 Å². The van der Waals surface area contributed by atoms with E-state index in [1.54, 1.807) is 7.05 Å². The second-order valence-corrected chi connectivity index (χ2v) is 7.27. The Balaban J connectivity index is 2.22. The first-order valence-electron chi connectivity index (χ1n) is 6.98. The van der Waals surface area contributed by atoms with Crippen LogP contribution in [-0.2, 0) is 17.1 Å². The van der Waals surface area contributed by atoms with Crippen LogP contribution >= 0.6 is 0 Å². The van der Waals surface area contributed by atoms with Crippen LogP contribution in [0.3, 0.4) is 0 Å². The van der Waals surface area contributed by atoms with Crippen LogP contribution in [0, 0.1) is 5.92 Å². The number of sulfonamides is 1. The Bertz CT molecular complexity index is 615. The van der Waals surface area contributed by atoms with Crippen molar-refractivity contribution in [2.24, 2.45) is 18.7 Å². The largest absolute Gasteiger partial charge is 0.354 e. The summed E-state index contributed by atoms with van der Waals surface area (Å²) in [4.78, 5) is 11.8. The Morgan fingerprint density at radius 2 is 2.05 bits per heavy atom. The second kappa shape index (κ2) is 6.17. The number of hydrogen-bond acceptors (Lipinski definition) is 4. The molecule has 0 radical (unpaired) electrons. The highest BCUT2D eigenvalue weighted by atomic mass is 32.2. The van der Waals surface area contributed by atoms with Crippen LogP contribution in [0.4, 0.5) is 0 Å². The summed E-state index contributed by atoms with van der Waals surface area (Å²) in [6.45, 7) is 1.56. The molecule has 1 saturated heterocycles. The monoisotopic (exact) mass is 314 g/mol. The lowest BCUT2D eigenvalue weighted by molar-refractivity contribution is 0.0955. The Kier molecular flexibility index (Phi) is 4.70. The van der Waals surface area contributed by atoms with E-state index in [0.717, 1.165) is 12.8 Å². The Hall–Kier alpha value is -1.38. The third-order valence-corrected chi connectivity index (χ3v) is 5.85. The molecule has 1 aromatic heterocycles. The molecule has 0 saturated carbocycles. The van der Waals surface area contributed by atoms with Crippen molar-refractivity contribution < 1.29 is 13.2 Å². The number of aryl methyl sites for hydroxylation is 1. The van der Waals surface area contributed by atoms with Crippen molar-refractivity contribution in [1.29, 1.82) is 0 Å². The van der Waals surface area contributed by atoms with Gasteiger partial charge in [0, 0.05) is 33.4 Å². The van der Waals surface area contributed by atoms with Crippen molar-refractivity contribution in [2.75, 3.05) is 26.7 Å². The fourth-order valence-electron chi connectivity index (χ4n) is 2.56. The number of nitrogens with one attached hydrogen (secondary N) is 1. The molecule has 8 heteroatoms. The number of carbonyl (C=O) groups is 1. The van der Waals surface area contributed by atoms with E-state index in [0.29, 0.717) is 31.2 Å². The average molecular weight is 314 g/mol. The van der Waals surface area contributed by atoms with Crippen LogP contribution in [0.1, 0.15) is 23.3 Å². The average Bonchev–Trinajstić information content (AvgIpc) is 2.89. The van der Waals surface area contributed by atoms with Crippen LogP contribution < -0.4 is 11.1 Å². The summed E-state index contributed by atoms with van der Waals surface area (Å²) in [6, 6.07) is 1.42. The number of piperidine rings is 1. The van der Waals surface area contributed by atoms with E-state index in [2.05, 4.69) is 5.32 Å². The van der Waals surface area contributed by atoms with Crippen molar-refractivity contribution in [3.8, 4) is 0 Å². The smallest absolute Gasteiger partial charge is 0.267 e. The minimum atomic E-state index is -3.55. The Morgan fingerprint density at radius 1 is 1.43 bits per heavy atom. The number of rotatable bonds is 4. The Labute approximate surface area is 125 Å². The lowest BCUT2D eigenvalue weighted by Crippen LogP contribution is -2.39. The summed E-state index contributed by atoms with van der Waals surface area (Å²) in [5.41, 5.74) is 5.95. The molecule has 0 aliphatic carbocycles. The van der Waals surface area contributed by atoms with E-state index in [-0.39, 0.29) is 10.8 Å². The number of nitrogens with two attached hydrogens (primary N) is 1. The molecule has 7 nitrogen and oxygen atoms in total. The van der Waals surface area contributed by atoms with Gasteiger partial charge in [0.1, 0.15) is 10.6 Å². The molecule has 118 valence electrons. The van der Waals surface area contributed by atoms with Gasteiger partial charge < -0.3 is 15.6 Å². The van der Waals surface area contributed by atoms with E-state index in [9.17, 15) is 13.2 Å². The van der Waals surface area contributed by atoms with Crippen LogP contribution in [0.15, 0.2) is 17.2 Å². The Morgan fingerprint density at radius 3 is 2.57 bits per heavy atom. The third-order valence-electron chi connectivity index (χ3n) is 3.98. The molecule has 2 heterocycles. The second-order valence-electron chi connectivity index (χ2n) is 5.33. The van der Waals surface area contributed by atoms with Gasteiger partial charge in [-0.2, -0.15) is 4.31 Å². The van der Waals surface area contributed by atoms with Crippen molar-refractivity contribution in [3.63, 3.8) is 0 Å². The summed E-state index contributed by atoms with van der Waals surface area (Å²) in [5.74, 6) is 0.0921. The van der Waals surface area contributed by atoms with Crippen molar-refractivity contribution in [1.82, 2.24) is 14.2 Å². The number of aromatic nitrogens is 1. The fraction of sp³-hybridized carbons (Fsp3) is 0.615. The standard InChI is InChI=1S/C13H22N4O3S/c1-15-13(18)12-7-11(9-16(12)2)21(19,20)17-5-3-10(8-14)4-6-17/h7,9-10H,3-6,8,14H2,1-2H3,(H,15,18). The molecule has 0 spiro atoms. The van der Waals surface area contributed by atoms with Gasteiger partial charge in [0.15, 0.2) is 0 Å². The summed E-state index contributed by atoms with van der Waals surface area (Å²) in [5, 5.41) is 2.50. The van der Waals surface area contributed by atoms with E-state index >= 15 is 0 Å². The van der Waals surface area contributed by atoms with Gasteiger partial charge in [-0.1, -0.05) is 0 Å². The fourth-order valence-corrected chi connectivity index (χ4v) is 4.11. The van der Waals surface area contributed by atoms with Gasteiger partial charge in [-0.25, -0.2) is 8.42 Å². The van der Waals surface area contributed by atoms with E-state index in [1.807, 2.05) is 0 Å². The molecule has 1 fully saturated rings. The first-order chi connectivity index (χ1) is 9.90. The topological polar surface area (TPSA) is 97.4 Å². The highest BCUT2D eigenvalue weighted by Gasteiger charge is 2.30. The van der Waals surface area contributed by atoms with Crippen LogP contribution in [0.25, 0.3) is 0 Å². The van der Waals surface area contributed by atoms with Gasteiger partial charge in [0.05, 0.1) is 0 Å². The van der Waals surface area contributed by atoms with Crippen molar-refractivity contribution in [2.45, 2.75) is 17.7 Å². The first kappa shape index (κ1) is 16.0. The third kappa shape index (κ3) is 3.12. The maximum atomic E-state index is 12.6. The predicted molar refractivity (Wildman–Crippen MR) is 79.3 cm³/mol. The van der Waals surface area contributed by atoms with Crippen LogP contribution in [-0.4, -0.2) is 49.9 Å². The molecule has 1 aliphatic heterocycles. The van der Waals surface area contributed by atoms with Gasteiger partial charge in [-0.15, -0.1) is 0 Å². The number of nitrogens with zero attached hydrogens (tertiary/aromatic N) is 2. The molecular formula is C13H22N4O3S. The van der Waals surface area contributed by atoms with E-state index in [1.165, 1.54) is 28.2 Å². The molecular weight excluding hydrogens is 292 g/mol. The van der Waals surface area contributed by atoms with Gasteiger partial charge >= 0.3 is 0 Å². The molecule has 0 unspecified atom stereocenters. The predicted octanol–water partition coefficient (Wildman–Crippen LogP) is -0.256. The zero-order valence-corrected chi connectivity index (χ0v) is 13.2. The molecule has 2 rings (SSSR count). The summed E-state index contributed by atoms with van der Waals surface area (Å²) >= 11 is 0. The first-order valence-corrected chi connectivity index (χ1v) is 8.42. The highest BCUT2D eigenvalue weighted by molar-refractivity contribution is 7.89. The molecule has 1 aliphatic rings. The van der Waals surface area contributed by atoms with Gasteiger partial charge in [-0.05, 0) is 31.4 Å².